The molecule has 0 atom stereocenters. The van der Waals surface area contributed by atoms with Crippen LogP contribution >= 0.6 is 0 Å². The molecule has 4 rings (SSSR count). The fraction of sp³-hybridized carbons (Fsp3) is 0.182. The Balaban J connectivity index is 1.34. The highest BCUT2D eigenvalue weighted by Crippen LogP contribution is 2.15. The first-order chi connectivity index (χ1) is 14.1. The summed E-state index contributed by atoms with van der Waals surface area (Å²) in [5.74, 6) is 1.29. The molecule has 2 heterocycles. The average Bonchev–Trinajstić information content (AvgIpc) is 3.09. The fourth-order valence-corrected chi connectivity index (χ4v) is 3.22. The van der Waals surface area contributed by atoms with E-state index >= 15 is 0 Å². The summed E-state index contributed by atoms with van der Waals surface area (Å²) in [7, 11) is 0. The highest BCUT2D eigenvalue weighted by Gasteiger charge is 2.08. The molecule has 2 aromatic carbocycles. The van der Waals surface area contributed by atoms with Gasteiger partial charge in [0.2, 0.25) is 0 Å². The van der Waals surface area contributed by atoms with Crippen molar-refractivity contribution in [2.75, 3.05) is 18.4 Å². The Labute approximate surface area is 168 Å². The number of hydrogen-bond donors (Lipinski definition) is 2. The van der Waals surface area contributed by atoms with E-state index in [-0.39, 0.29) is 5.91 Å². The summed E-state index contributed by atoms with van der Waals surface area (Å²) in [5.41, 5.74) is 2.60. The van der Waals surface area contributed by atoms with Crippen molar-refractivity contribution >= 4 is 22.5 Å². The predicted octanol–water partition coefficient (Wildman–Crippen LogP) is 3.27. The van der Waals surface area contributed by atoms with Gasteiger partial charge in [0.05, 0.1) is 5.69 Å². The van der Waals surface area contributed by atoms with E-state index in [0.717, 1.165) is 22.2 Å². The van der Waals surface area contributed by atoms with Gasteiger partial charge in [-0.2, -0.15) is 5.10 Å². The third-order valence-corrected chi connectivity index (χ3v) is 4.61. The van der Waals surface area contributed by atoms with Crippen LogP contribution in [0.15, 0.2) is 60.9 Å². The van der Waals surface area contributed by atoms with Crippen LogP contribution in [0.3, 0.4) is 0 Å². The summed E-state index contributed by atoms with van der Waals surface area (Å²) in [6.07, 6.45) is 1.50. The molecule has 0 spiro atoms. The number of anilines is 1. The molecule has 0 saturated heterocycles. The maximum atomic E-state index is 12.4. The van der Waals surface area contributed by atoms with Crippen LogP contribution in [-0.2, 0) is 0 Å². The van der Waals surface area contributed by atoms with E-state index in [1.54, 1.807) is 4.68 Å². The molecule has 0 bridgehead atoms. The predicted molar refractivity (Wildman–Crippen MR) is 113 cm³/mol. The molecule has 29 heavy (non-hydrogen) atoms. The van der Waals surface area contributed by atoms with Gasteiger partial charge in [0, 0.05) is 30.4 Å². The van der Waals surface area contributed by atoms with Gasteiger partial charge in [-0.1, -0.05) is 30.3 Å². The van der Waals surface area contributed by atoms with Gasteiger partial charge in [0.25, 0.3) is 5.91 Å². The Morgan fingerprint density at radius 1 is 0.966 bits per heavy atom. The number of carbonyl (C=O) groups is 1. The van der Waals surface area contributed by atoms with E-state index in [1.165, 1.54) is 6.33 Å². The molecule has 0 aliphatic rings. The number of amides is 1. The molecule has 7 nitrogen and oxygen atoms in total. The number of benzene rings is 2. The van der Waals surface area contributed by atoms with Crippen LogP contribution in [0.1, 0.15) is 21.7 Å². The Morgan fingerprint density at radius 3 is 2.59 bits per heavy atom. The number of aromatic nitrogens is 4. The molecule has 4 aromatic rings. The van der Waals surface area contributed by atoms with Crippen LogP contribution in [0.4, 0.5) is 5.82 Å². The minimum Gasteiger partial charge on any atom is -0.368 e. The summed E-state index contributed by atoms with van der Waals surface area (Å²) in [6, 6.07) is 17.5. The second-order valence-corrected chi connectivity index (χ2v) is 6.84. The molecular formula is C22H22N6O. The summed E-state index contributed by atoms with van der Waals surface area (Å²) >= 11 is 0. The van der Waals surface area contributed by atoms with Crippen LogP contribution in [0, 0.1) is 13.8 Å². The van der Waals surface area contributed by atoms with Gasteiger partial charge < -0.3 is 10.6 Å². The molecule has 0 fully saturated rings. The van der Waals surface area contributed by atoms with Gasteiger partial charge in [-0.25, -0.2) is 14.6 Å². The smallest absolute Gasteiger partial charge is 0.251 e. The first-order valence-electron chi connectivity index (χ1n) is 9.47. The van der Waals surface area contributed by atoms with E-state index in [0.29, 0.717) is 30.3 Å². The molecule has 2 aromatic heterocycles. The summed E-state index contributed by atoms with van der Waals surface area (Å²) in [6.45, 7) is 4.96. The molecule has 0 saturated carbocycles. The van der Waals surface area contributed by atoms with Crippen molar-refractivity contribution in [3.05, 3.63) is 77.9 Å². The first kappa shape index (κ1) is 18.6. The van der Waals surface area contributed by atoms with Gasteiger partial charge in [-0.05, 0) is 42.8 Å². The molecule has 146 valence electrons. The highest BCUT2D eigenvalue weighted by molar-refractivity contribution is 5.98. The third kappa shape index (κ3) is 4.24. The van der Waals surface area contributed by atoms with Crippen LogP contribution < -0.4 is 10.6 Å². The van der Waals surface area contributed by atoms with E-state index in [4.69, 9.17) is 0 Å². The molecule has 0 unspecified atom stereocenters. The summed E-state index contributed by atoms with van der Waals surface area (Å²) in [5, 5.41) is 12.7. The molecule has 0 aliphatic carbocycles. The number of fused-ring (bicyclic) bond motifs is 1. The Kier molecular flexibility index (Phi) is 5.20. The quantitative estimate of drug-likeness (QED) is 0.497. The van der Waals surface area contributed by atoms with Crippen LogP contribution in [0.2, 0.25) is 0 Å². The zero-order chi connectivity index (χ0) is 20.2. The Morgan fingerprint density at radius 2 is 1.79 bits per heavy atom. The van der Waals surface area contributed by atoms with E-state index in [9.17, 15) is 4.79 Å². The number of nitrogens with one attached hydrogen (secondary N) is 2. The fourth-order valence-electron chi connectivity index (χ4n) is 3.22. The second-order valence-electron chi connectivity index (χ2n) is 6.84. The Bertz CT molecular complexity index is 1170. The van der Waals surface area contributed by atoms with Crippen molar-refractivity contribution in [1.29, 1.82) is 0 Å². The second kappa shape index (κ2) is 8.10. The lowest BCUT2D eigenvalue weighted by Crippen LogP contribution is -2.28. The molecule has 2 N–H and O–H groups in total. The van der Waals surface area contributed by atoms with Crippen molar-refractivity contribution in [3.63, 3.8) is 0 Å². The van der Waals surface area contributed by atoms with Crippen LogP contribution in [-0.4, -0.2) is 38.7 Å². The Hall–Kier alpha value is -3.74. The van der Waals surface area contributed by atoms with E-state index < -0.39 is 0 Å². The average molecular weight is 386 g/mol. The van der Waals surface area contributed by atoms with Crippen LogP contribution in [0.5, 0.6) is 0 Å². The van der Waals surface area contributed by atoms with Gasteiger partial charge >= 0.3 is 0 Å². The SMILES string of the molecule is Cc1cc(C)n(-c2cc(NCCNC(=O)c3ccc4ccccc4c3)ncn2)n1. The molecule has 0 radical (unpaired) electrons. The topological polar surface area (TPSA) is 84.7 Å². The first-order valence-corrected chi connectivity index (χ1v) is 9.47. The van der Waals surface area contributed by atoms with Crippen molar-refractivity contribution in [1.82, 2.24) is 25.1 Å². The maximum absolute atomic E-state index is 12.4. The molecule has 1 amide bonds. The van der Waals surface area contributed by atoms with Crippen molar-refractivity contribution in [2.45, 2.75) is 13.8 Å². The van der Waals surface area contributed by atoms with Crippen molar-refractivity contribution < 1.29 is 4.79 Å². The zero-order valence-electron chi connectivity index (χ0n) is 16.4. The number of hydrogen-bond acceptors (Lipinski definition) is 5. The monoisotopic (exact) mass is 386 g/mol. The van der Waals surface area contributed by atoms with Gasteiger partial charge in [-0.3, -0.25) is 4.79 Å². The van der Waals surface area contributed by atoms with Gasteiger partial charge in [-0.15, -0.1) is 0 Å². The van der Waals surface area contributed by atoms with E-state index in [1.807, 2.05) is 68.4 Å². The summed E-state index contributed by atoms with van der Waals surface area (Å²) in [4.78, 5) is 20.9. The van der Waals surface area contributed by atoms with Gasteiger partial charge in [0.1, 0.15) is 12.1 Å². The minimum atomic E-state index is -0.0939. The largest absolute Gasteiger partial charge is 0.368 e. The normalized spacial score (nSPS) is 10.8. The molecule has 0 aliphatic heterocycles. The molecule has 7 heteroatoms. The molecular weight excluding hydrogens is 364 g/mol. The maximum Gasteiger partial charge on any atom is 0.251 e. The number of rotatable bonds is 6. The third-order valence-electron chi connectivity index (χ3n) is 4.61. The van der Waals surface area contributed by atoms with E-state index in [2.05, 4.69) is 25.7 Å². The van der Waals surface area contributed by atoms with Crippen LogP contribution in [0.25, 0.3) is 16.6 Å². The lowest BCUT2D eigenvalue weighted by atomic mass is 10.1. The number of aryl methyl sites for hydroxylation is 2. The number of nitrogens with zero attached hydrogens (tertiary/aromatic N) is 4. The highest BCUT2D eigenvalue weighted by atomic mass is 16.1. The zero-order valence-corrected chi connectivity index (χ0v) is 16.4. The van der Waals surface area contributed by atoms with Crippen molar-refractivity contribution in [2.24, 2.45) is 0 Å². The lowest BCUT2D eigenvalue weighted by Gasteiger charge is -2.09. The lowest BCUT2D eigenvalue weighted by molar-refractivity contribution is 0.0955. The minimum absolute atomic E-state index is 0.0939. The van der Waals surface area contributed by atoms with Crippen molar-refractivity contribution in [3.8, 4) is 5.82 Å². The standard InChI is InChI=1S/C22H22N6O/c1-15-11-16(2)28(27-15)21-13-20(25-14-26-21)23-9-10-24-22(29)19-8-7-17-5-3-4-6-18(17)12-19/h3-8,11-14H,9-10H2,1-2H3,(H,24,29)(H,23,25,26). The van der Waals surface area contributed by atoms with Gasteiger partial charge in [0.15, 0.2) is 5.82 Å². The summed E-state index contributed by atoms with van der Waals surface area (Å²) < 4.78 is 1.78. The number of carbonyl (C=O) groups excluding carboxylic acids is 1.